The molecule has 8 heteroatoms. The number of hydrogen-bond acceptors (Lipinski definition) is 4. The van der Waals surface area contributed by atoms with E-state index in [1.807, 2.05) is 0 Å². The second-order valence-electron chi connectivity index (χ2n) is 4.00. The molecule has 2 rings (SSSR count). The Morgan fingerprint density at radius 1 is 1.24 bits per heavy atom. The van der Waals surface area contributed by atoms with Crippen molar-refractivity contribution in [2.24, 2.45) is 0 Å². The molecule has 0 aliphatic carbocycles. The molecule has 110 valence electrons. The SMILES string of the molecule is Cc1cc(F)c(C)c(-n2cc(Br)nc(Br)c2=O)c1.O=C=O. The highest BCUT2D eigenvalue weighted by molar-refractivity contribution is 9.11. The first-order valence-electron chi connectivity index (χ1n) is 5.53. The van der Waals surface area contributed by atoms with Crippen molar-refractivity contribution in [3.8, 4) is 5.69 Å². The molecule has 0 spiro atoms. The third-order valence-corrected chi connectivity index (χ3v) is 3.46. The average Bonchev–Trinajstić information content (AvgIpc) is 2.39. The molecule has 0 amide bonds. The van der Waals surface area contributed by atoms with Crippen molar-refractivity contribution in [2.45, 2.75) is 13.8 Å². The average molecular weight is 420 g/mol. The van der Waals surface area contributed by atoms with Gasteiger partial charge in [-0.1, -0.05) is 0 Å². The second kappa shape index (κ2) is 7.40. The van der Waals surface area contributed by atoms with Gasteiger partial charge in [0.05, 0.1) is 5.69 Å². The first-order chi connectivity index (χ1) is 9.81. The fourth-order valence-corrected chi connectivity index (χ4v) is 2.66. The molecule has 0 radical (unpaired) electrons. The molecule has 21 heavy (non-hydrogen) atoms. The zero-order valence-corrected chi connectivity index (χ0v) is 14.2. The monoisotopic (exact) mass is 418 g/mol. The molecule has 0 saturated carbocycles. The lowest BCUT2D eigenvalue weighted by atomic mass is 10.1. The minimum absolute atomic E-state index is 0.179. The van der Waals surface area contributed by atoms with Crippen LogP contribution in [0.2, 0.25) is 0 Å². The number of aryl methyl sites for hydroxylation is 1. The van der Waals surface area contributed by atoms with Crippen LogP contribution in [0.1, 0.15) is 11.1 Å². The van der Waals surface area contributed by atoms with Gasteiger partial charge in [0.1, 0.15) is 10.4 Å². The third-order valence-electron chi connectivity index (χ3n) is 2.56. The summed E-state index contributed by atoms with van der Waals surface area (Å²) in [5.74, 6) is -0.332. The first kappa shape index (κ1) is 17.4. The molecule has 0 atom stereocenters. The summed E-state index contributed by atoms with van der Waals surface area (Å²) >= 11 is 6.30. The van der Waals surface area contributed by atoms with Crippen LogP contribution in [0.25, 0.3) is 5.69 Å². The topological polar surface area (TPSA) is 69.0 Å². The van der Waals surface area contributed by atoms with Gasteiger partial charge in [0.2, 0.25) is 0 Å². The van der Waals surface area contributed by atoms with E-state index in [2.05, 4.69) is 36.8 Å². The molecule has 0 aliphatic rings. The summed E-state index contributed by atoms with van der Waals surface area (Å²) in [7, 11) is 0. The van der Waals surface area contributed by atoms with Crippen molar-refractivity contribution >= 4 is 38.0 Å². The Hall–Kier alpha value is -1.63. The summed E-state index contributed by atoms with van der Waals surface area (Å²) in [5, 5.41) is 0. The van der Waals surface area contributed by atoms with Crippen LogP contribution in [0.4, 0.5) is 4.39 Å². The van der Waals surface area contributed by atoms with Crippen molar-refractivity contribution in [1.29, 1.82) is 0 Å². The van der Waals surface area contributed by atoms with E-state index in [0.717, 1.165) is 5.56 Å². The number of aromatic nitrogens is 2. The summed E-state index contributed by atoms with van der Waals surface area (Å²) in [6.45, 7) is 3.42. The van der Waals surface area contributed by atoms with E-state index >= 15 is 0 Å². The normalized spacial score (nSPS) is 9.57. The van der Waals surface area contributed by atoms with Crippen molar-refractivity contribution in [1.82, 2.24) is 9.55 Å². The molecule has 0 saturated heterocycles. The molecule has 0 N–H and O–H groups in total. The fraction of sp³-hybridized carbons (Fsp3) is 0.154. The maximum absolute atomic E-state index is 13.7. The van der Waals surface area contributed by atoms with Gasteiger partial charge >= 0.3 is 6.15 Å². The molecule has 2 aromatic rings. The number of halogens is 3. The van der Waals surface area contributed by atoms with Gasteiger partial charge in [0, 0.05) is 11.8 Å². The summed E-state index contributed by atoms with van der Waals surface area (Å²) in [6, 6.07) is 3.20. The third kappa shape index (κ3) is 4.17. The van der Waals surface area contributed by atoms with E-state index in [4.69, 9.17) is 9.59 Å². The number of hydrogen-bond donors (Lipinski definition) is 0. The predicted octanol–water partition coefficient (Wildman–Crippen LogP) is 2.93. The fourth-order valence-electron chi connectivity index (χ4n) is 1.66. The number of nitrogens with zero attached hydrogens (tertiary/aromatic N) is 2. The van der Waals surface area contributed by atoms with Gasteiger partial charge in [0.15, 0.2) is 4.60 Å². The molecule has 0 fully saturated rings. The molecule has 0 bridgehead atoms. The highest BCUT2D eigenvalue weighted by Gasteiger charge is 2.12. The van der Waals surface area contributed by atoms with Crippen LogP contribution in [0.5, 0.6) is 0 Å². The molecule has 0 aliphatic heterocycles. The lowest BCUT2D eigenvalue weighted by molar-refractivity contribution is -0.191. The Kier molecular flexibility index (Phi) is 6.14. The lowest BCUT2D eigenvalue weighted by Gasteiger charge is -2.11. The zero-order chi connectivity index (χ0) is 16.2. The van der Waals surface area contributed by atoms with Gasteiger partial charge in [-0.25, -0.2) is 9.37 Å². The van der Waals surface area contributed by atoms with Crippen molar-refractivity contribution < 1.29 is 14.0 Å². The van der Waals surface area contributed by atoms with Crippen LogP contribution in [-0.4, -0.2) is 15.7 Å². The maximum Gasteiger partial charge on any atom is 0.373 e. The van der Waals surface area contributed by atoms with E-state index in [1.54, 1.807) is 19.9 Å². The van der Waals surface area contributed by atoms with Crippen LogP contribution in [0, 0.1) is 19.7 Å². The van der Waals surface area contributed by atoms with Gasteiger partial charge in [-0.05, 0) is 63.4 Å². The predicted molar refractivity (Wildman–Crippen MR) is 79.7 cm³/mol. The Bertz CT molecular complexity index is 769. The molecule has 5 nitrogen and oxygen atoms in total. The largest absolute Gasteiger partial charge is 0.373 e. The van der Waals surface area contributed by atoms with Gasteiger partial charge in [-0.2, -0.15) is 9.59 Å². The first-order valence-corrected chi connectivity index (χ1v) is 7.11. The van der Waals surface area contributed by atoms with E-state index in [1.165, 1.54) is 16.8 Å². The van der Waals surface area contributed by atoms with Gasteiger partial charge in [-0.15, -0.1) is 0 Å². The smallest absolute Gasteiger partial charge is 0.279 e. The molecule has 0 unspecified atom stereocenters. The van der Waals surface area contributed by atoms with E-state index in [0.29, 0.717) is 15.9 Å². The number of carbonyl (C=O) groups excluding carboxylic acids is 2. The standard InChI is InChI=1S/C12H9Br2FN2O.CO2/c1-6-3-8(15)7(2)9(4-6)17-5-10(13)16-11(14)12(17)18;2-1-3/h3-5H,1-2H3;. The highest BCUT2D eigenvalue weighted by atomic mass is 79.9. The van der Waals surface area contributed by atoms with Crippen LogP contribution in [-0.2, 0) is 9.59 Å². The minimum atomic E-state index is -0.332. The van der Waals surface area contributed by atoms with Crippen molar-refractivity contribution in [2.75, 3.05) is 0 Å². The molecular formula is C13H9Br2FN2O3. The van der Waals surface area contributed by atoms with Crippen LogP contribution < -0.4 is 5.56 Å². The quantitative estimate of drug-likeness (QED) is 0.712. The summed E-state index contributed by atoms with van der Waals surface area (Å²) in [4.78, 5) is 32.2. The second-order valence-corrected chi connectivity index (χ2v) is 5.57. The van der Waals surface area contributed by atoms with E-state index in [-0.39, 0.29) is 22.1 Å². The lowest BCUT2D eigenvalue weighted by Crippen LogP contribution is -2.21. The number of benzene rings is 1. The number of rotatable bonds is 1. The summed E-state index contributed by atoms with van der Waals surface area (Å²) < 4.78 is 15.7. The Morgan fingerprint density at radius 3 is 2.38 bits per heavy atom. The zero-order valence-electron chi connectivity index (χ0n) is 11.0. The van der Waals surface area contributed by atoms with Crippen molar-refractivity contribution in [3.05, 3.63) is 54.8 Å². The molecular weight excluding hydrogens is 411 g/mol. The van der Waals surface area contributed by atoms with Gasteiger partial charge in [0.25, 0.3) is 5.56 Å². The Labute approximate surface area is 136 Å². The van der Waals surface area contributed by atoms with Crippen LogP contribution in [0.3, 0.4) is 0 Å². The van der Waals surface area contributed by atoms with Crippen LogP contribution in [0.15, 0.2) is 32.3 Å². The van der Waals surface area contributed by atoms with Crippen molar-refractivity contribution in [3.63, 3.8) is 0 Å². The van der Waals surface area contributed by atoms with E-state index in [9.17, 15) is 9.18 Å². The molecule has 1 aromatic heterocycles. The Morgan fingerprint density at radius 2 is 1.81 bits per heavy atom. The molecule has 1 aromatic carbocycles. The highest BCUT2D eigenvalue weighted by Crippen LogP contribution is 2.20. The van der Waals surface area contributed by atoms with Crippen LogP contribution >= 0.6 is 31.9 Å². The summed E-state index contributed by atoms with van der Waals surface area (Å²) in [5.41, 5.74) is 1.37. The summed E-state index contributed by atoms with van der Waals surface area (Å²) in [6.07, 6.45) is 1.77. The Balaban J connectivity index is 0.000000677. The maximum atomic E-state index is 13.7. The van der Waals surface area contributed by atoms with Gasteiger partial charge < -0.3 is 0 Å². The minimum Gasteiger partial charge on any atom is -0.279 e. The van der Waals surface area contributed by atoms with Gasteiger partial charge in [-0.3, -0.25) is 9.36 Å². The molecule has 1 heterocycles. The van der Waals surface area contributed by atoms with E-state index < -0.39 is 0 Å².